The fourth-order valence-electron chi connectivity index (χ4n) is 2.86. The van der Waals surface area contributed by atoms with Gasteiger partial charge in [0, 0.05) is 6.54 Å². The second-order valence-corrected chi connectivity index (χ2v) is 6.69. The number of aromatic carboxylic acids is 1. The molecule has 31 heavy (non-hydrogen) atoms. The van der Waals surface area contributed by atoms with Crippen molar-refractivity contribution in [2.24, 2.45) is 0 Å². The number of nitrogens with zero attached hydrogens (tertiary/aromatic N) is 2. The first-order chi connectivity index (χ1) is 15.0. The molecule has 2 aromatic carbocycles. The number of rotatable bonds is 9. The van der Waals surface area contributed by atoms with Crippen LogP contribution in [0.5, 0.6) is 17.2 Å². The minimum Gasteiger partial charge on any atom is -0.493 e. The number of hydrogen-bond acceptors (Lipinski definition) is 6. The summed E-state index contributed by atoms with van der Waals surface area (Å²) in [5.41, 5.74) is 1.58. The molecule has 8 nitrogen and oxygen atoms in total. The third-order valence-corrected chi connectivity index (χ3v) is 4.46. The van der Waals surface area contributed by atoms with Gasteiger partial charge in [0.2, 0.25) is 5.82 Å². The molecule has 8 heteroatoms. The summed E-state index contributed by atoms with van der Waals surface area (Å²) in [5, 5.41) is 11.7. The van der Waals surface area contributed by atoms with E-state index in [1.54, 1.807) is 31.4 Å². The average molecular weight is 421 g/mol. The molecule has 160 valence electrons. The number of hydrogen-bond donors (Lipinski definition) is 2. The van der Waals surface area contributed by atoms with Crippen molar-refractivity contribution in [3.8, 4) is 17.2 Å². The zero-order valence-corrected chi connectivity index (χ0v) is 17.3. The summed E-state index contributed by atoms with van der Waals surface area (Å²) in [5.74, 6) is 0.199. The lowest BCUT2D eigenvalue weighted by Crippen LogP contribution is -2.25. The van der Waals surface area contributed by atoms with Crippen molar-refractivity contribution in [2.45, 2.75) is 26.3 Å². The molecule has 0 bridgehead atoms. The Hall–Kier alpha value is -3.94. The van der Waals surface area contributed by atoms with Crippen LogP contribution in [0.15, 0.2) is 54.7 Å². The Kier molecular flexibility index (Phi) is 7.16. The van der Waals surface area contributed by atoms with Crippen LogP contribution in [0.4, 0.5) is 0 Å². The number of carbonyl (C=O) groups excluding carboxylic acids is 1. The smallest absolute Gasteiger partial charge is 0.335 e. The van der Waals surface area contributed by atoms with E-state index in [2.05, 4.69) is 15.3 Å². The van der Waals surface area contributed by atoms with Crippen LogP contribution in [-0.2, 0) is 13.0 Å². The molecule has 0 saturated heterocycles. The number of nitrogens with one attached hydrogen (secondary N) is 1. The number of benzene rings is 2. The second-order valence-electron chi connectivity index (χ2n) is 6.69. The predicted octanol–water partition coefficient (Wildman–Crippen LogP) is 3.86. The molecule has 3 rings (SSSR count). The van der Waals surface area contributed by atoms with E-state index in [0.29, 0.717) is 29.4 Å². The molecule has 0 aliphatic carbocycles. The highest BCUT2D eigenvalue weighted by Gasteiger charge is 2.16. The SMILES string of the molecule is CCCc1nc(C(=O)NCc2ccc(C(=O)O)cc2)ncc1Oc1ccccc1OC. The third-order valence-electron chi connectivity index (χ3n) is 4.46. The van der Waals surface area contributed by atoms with Gasteiger partial charge in [0.1, 0.15) is 0 Å². The van der Waals surface area contributed by atoms with E-state index in [9.17, 15) is 9.59 Å². The number of carboxylic acid groups (broad SMARTS) is 1. The van der Waals surface area contributed by atoms with Crippen molar-refractivity contribution in [1.82, 2.24) is 15.3 Å². The van der Waals surface area contributed by atoms with Crippen LogP contribution in [0, 0.1) is 0 Å². The molecule has 0 atom stereocenters. The quantitative estimate of drug-likeness (QED) is 0.540. The zero-order valence-electron chi connectivity index (χ0n) is 17.3. The largest absolute Gasteiger partial charge is 0.493 e. The highest BCUT2D eigenvalue weighted by atomic mass is 16.5. The molecular formula is C23H23N3O5. The maximum atomic E-state index is 12.5. The van der Waals surface area contributed by atoms with Gasteiger partial charge < -0.3 is 19.9 Å². The Bertz CT molecular complexity index is 1070. The van der Waals surface area contributed by atoms with Gasteiger partial charge in [-0.3, -0.25) is 4.79 Å². The fraction of sp³-hybridized carbons (Fsp3) is 0.217. The van der Waals surface area contributed by atoms with Crippen LogP contribution in [0.2, 0.25) is 0 Å². The molecule has 0 spiro atoms. The summed E-state index contributed by atoms with van der Waals surface area (Å²) in [6, 6.07) is 13.5. The highest BCUT2D eigenvalue weighted by molar-refractivity contribution is 5.90. The Labute approximate surface area is 179 Å². The molecule has 0 radical (unpaired) electrons. The summed E-state index contributed by atoms with van der Waals surface area (Å²) in [7, 11) is 1.56. The summed E-state index contributed by atoms with van der Waals surface area (Å²) in [6.07, 6.45) is 2.92. The number of ether oxygens (including phenoxy) is 2. The highest BCUT2D eigenvalue weighted by Crippen LogP contribution is 2.32. The van der Waals surface area contributed by atoms with Crippen molar-refractivity contribution in [1.29, 1.82) is 0 Å². The number of aryl methyl sites for hydroxylation is 1. The van der Waals surface area contributed by atoms with Crippen LogP contribution in [-0.4, -0.2) is 34.1 Å². The van der Waals surface area contributed by atoms with Gasteiger partial charge >= 0.3 is 5.97 Å². The number of para-hydroxylation sites is 2. The van der Waals surface area contributed by atoms with E-state index in [1.807, 2.05) is 19.1 Å². The van der Waals surface area contributed by atoms with Gasteiger partial charge in [-0.1, -0.05) is 37.6 Å². The van der Waals surface area contributed by atoms with E-state index in [0.717, 1.165) is 12.0 Å². The van der Waals surface area contributed by atoms with Crippen LogP contribution >= 0.6 is 0 Å². The number of methoxy groups -OCH3 is 1. The van der Waals surface area contributed by atoms with Gasteiger partial charge in [0.05, 0.1) is 24.6 Å². The molecule has 0 saturated carbocycles. The summed E-state index contributed by atoms with van der Waals surface area (Å²) in [4.78, 5) is 32.0. The molecule has 0 aliphatic heterocycles. The van der Waals surface area contributed by atoms with Crippen molar-refractivity contribution >= 4 is 11.9 Å². The monoisotopic (exact) mass is 421 g/mol. The first kappa shape index (κ1) is 21.8. The molecular weight excluding hydrogens is 398 g/mol. The van der Waals surface area contributed by atoms with E-state index in [-0.39, 0.29) is 17.9 Å². The molecule has 1 aromatic heterocycles. The van der Waals surface area contributed by atoms with Gasteiger partial charge in [-0.05, 0) is 36.2 Å². The zero-order chi connectivity index (χ0) is 22.2. The molecule has 1 amide bonds. The second kappa shape index (κ2) is 10.2. The standard InChI is InChI=1S/C23H23N3O5/c1-3-6-17-20(31-19-8-5-4-7-18(19)30-2)14-24-21(26-17)22(27)25-13-15-9-11-16(12-10-15)23(28)29/h4-5,7-12,14H,3,6,13H2,1-2H3,(H,25,27)(H,28,29). The number of carboxylic acids is 1. The van der Waals surface area contributed by atoms with E-state index in [1.165, 1.54) is 18.3 Å². The summed E-state index contributed by atoms with van der Waals surface area (Å²) >= 11 is 0. The Balaban J connectivity index is 1.73. The minimum absolute atomic E-state index is 0.0398. The maximum absolute atomic E-state index is 12.5. The molecule has 1 heterocycles. The first-order valence-corrected chi connectivity index (χ1v) is 9.79. The minimum atomic E-state index is -0.997. The summed E-state index contributed by atoms with van der Waals surface area (Å²) < 4.78 is 11.3. The molecule has 0 aliphatic rings. The van der Waals surface area contributed by atoms with Crippen molar-refractivity contribution in [3.63, 3.8) is 0 Å². The van der Waals surface area contributed by atoms with E-state index in [4.69, 9.17) is 14.6 Å². The van der Waals surface area contributed by atoms with Crippen LogP contribution in [0.1, 0.15) is 45.6 Å². The van der Waals surface area contributed by atoms with E-state index >= 15 is 0 Å². The van der Waals surface area contributed by atoms with Crippen LogP contribution in [0.25, 0.3) is 0 Å². The average Bonchev–Trinajstić information content (AvgIpc) is 2.79. The van der Waals surface area contributed by atoms with Gasteiger partial charge in [-0.2, -0.15) is 0 Å². The third kappa shape index (κ3) is 5.57. The number of carbonyl (C=O) groups is 2. The fourth-order valence-corrected chi connectivity index (χ4v) is 2.86. The van der Waals surface area contributed by atoms with Crippen molar-refractivity contribution in [3.05, 3.63) is 77.4 Å². The lowest BCUT2D eigenvalue weighted by atomic mass is 10.1. The van der Waals surface area contributed by atoms with Gasteiger partial charge in [0.15, 0.2) is 17.2 Å². The Morgan fingerprint density at radius 3 is 2.39 bits per heavy atom. The van der Waals surface area contributed by atoms with Crippen LogP contribution in [0.3, 0.4) is 0 Å². The number of amides is 1. The van der Waals surface area contributed by atoms with Crippen molar-refractivity contribution < 1.29 is 24.2 Å². The van der Waals surface area contributed by atoms with Gasteiger partial charge in [0.25, 0.3) is 5.91 Å². The number of aromatic nitrogens is 2. The molecule has 3 aromatic rings. The van der Waals surface area contributed by atoms with Crippen LogP contribution < -0.4 is 14.8 Å². The summed E-state index contributed by atoms with van der Waals surface area (Å²) in [6.45, 7) is 2.24. The predicted molar refractivity (Wildman–Crippen MR) is 114 cm³/mol. The Morgan fingerprint density at radius 2 is 1.74 bits per heavy atom. The van der Waals surface area contributed by atoms with Gasteiger partial charge in [-0.25, -0.2) is 14.8 Å². The topological polar surface area (TPSA) is 111 Å². The van der Waals surface area contributed by atoms with Gasteiger partial charge in [-0.15, -0.1) is 0 Å². The normalized spacial score (nSPS) is 10.4. The lowest BCUT2D eigenvalue weighted by Gasteiger charge is -2.13. The maximum Gasteiger partial charge on any atom is 0.335 e. The molecule has 2 N–H and O–H groups in total. The molecule has 0 unspecified atom stereocenters. The van der Waals surface area contributed by atoms with Crippen molar-refractivity contribution in [2.75, 3.05) is 7.11 Å². The van der Waals surface area contributed by atoms with E-state index < -0.39 is 11.9 Å². The molecule has 0 fully saturated rings. The lowest BCUT2D eigenvalue weighted by molar-refractivity contribution is 0.0696. The Morgan fingerprint density at radius 1 is 1.03 bits per heavy atom. The first-order valence-electron chi connectivity index (χ1n) is 9.79.